The minimum atomic E-state index is -0.894. The highest BCUT2D eigenvalue weighted by Gasteiger charge is 2.48. The maximum atomic E-state index is 13.5. The number of nitriles is 1. The van der Waals surface area contributed by atoms with Gasteiger partial charge in [0, 0.05) is 29.9 Å². The lowest BCUT2D eigenvalue weighted by molar-refractivity contribution is -0.130. The Bertz CT molecular complexity index is 1290. The molecule has 0 bridgehead atoms. The third-order valence-corrected chi connectivity index (χ3v) is 7.58. The van der Waals surface area contributed by atoms with Crippen molar-refractivity contribution in [2.24, 2.45) is 10.7 Å². The number of likely N-dealkylation sites (N-methyl/N-ethyl adjacent to an activating group) is 1. The highest BCUT2D eigenvalue weighted by molar-refractivity contribution is 7.10. The third-order valence-electron chi connectivity index (χ3n) is 6.21. The summed E-state index contributed by atoms with van der Waals surface area (Å²) in [5.41, 5.74) is 8.20. The molecular weight excluding hydrogens is 454 g/mol. The molecule has 0 saturated heterocycles. The zero-order valence-electron chi connectivity index (χ0n) is 18.8. The van der Waals surface area contributed by atoms with E-state index in [0.29, 0.717) is 5.02 Å². The molecule has 168 valence electrons. The van der Waals surface area contributed by atoms with Gasteiger partial charge in [-0.3, -0.25) is 14.7 Å². The number of rotatable bonds is 4. The minimum Gasteiger partial charge on any atom is -0.369 e. The summed E-state index contributed by atoms with van der Waals surface area (Å²) in [7, 11) is 1.64. The summed E-state index contributed by atoms with van der Waals surface area (Å²) in [5.74, 6) is -0.518. The molecule has 2 aromatic heterocycles. The molecule has 1 aromatic carbocycles. The number of benzene rings is 1. The minimum absolute atomic E-state index is 0.128. The molecule has 0 radical (unpaired) electrons. The first kappa shape index (κ1) is 23.0. The second kappa shape index (κ2) is 8.29. The van der Waals surface area contributed by atoms with Crippen LogP contribution in [-0.2, 0) is 15.7 Å². The molecule has 1 amide bonds. The normalized spacial score (nSPS) is 21.0. The summed E-state index contributed by atoms with van der Waals surface area (Å²) in [6.07, 6.45) is 3.35. The molecular formula is C25H24ClN5OS. The highest BCUT2D eigenvalue weighted by Crippen LogP contribution is 2.47. The number of amides is 1. The van der Waals surface area contributed by atoms with Crippen molar-refractivity contribution in [1.29, 1.82) is 5.26 Å². The molecule has 2 atom stereocenters. The van der Waals surface area contributed by atoms with E-state index in [0.717, 1.165) is 27.1 Å². The zero-order chi connectivity index (χ0) is 24.0. The Morgan fingerprint density at radius 3 is 2.55 bits per heavy atom. The molecule has 3 heterocycles. The fourth-order valence-corrected chi connectivity index (χ4v) is 5.30. The molecule has 2 N–H and O–H groups in total. The molecule has 3 aromatic rings. The lowest BCUT2D eigenvalue weighted by atomic mass is 9.76. The van der Waals surface area contributed by atoms with E-state index in [4.69, 9.17) is 22.3 Å². The summed E-state index contributed by atoms with van der Waals surface area (Å²) in [6, 6.07) is 13.8. The van der Waals surface area contributed by atoms with Gasteiger partial charge in [0.15, 0.2) is 5.96 Å². The second-order valence-corrected chi connectivity index (χ2v) is 10.2. The number of nitrogens with two attached hydrogens (primary N) is 1. The van der Waals surface area contributed by atoms with Crippen LogP contribution in [-0.4, -0.2) is 28.8 Å². The summed E-state index contributed by atoms with van der Waals surface area (Å²) in [4.78, 5) is 24.8. The Hall–Kier alpha value is -3.21. The first-order valence-corrected chi connectivity index (χ1v) is 11.7. The lowest BCUT2D eigenvalue weighted by Crippen LogP contribution is -2.52. The van der Waals surface area contributed by atoms with Gasteiger partial charge in [-0.1, -0.05) is 35.9 Å². The fraction of sp³-hybridized carbons (Fsp3) is 0.280. The number of aromatic nitrogens is 1. The first-order chi connectivity index (χ1) is 15.6. The van der Waals surface area contributed by atoms with Gasteiger partial charge in [-0.25, -0.2) is 4.99 Å². The predicted octanol–water partition coefficient (Wildman–Crippen LogP) is 5.05. The Morgan fingerprint density at radius 1 is 1.21 bits per heavy atom. The van der Waals surface area contributed by atoms with E-state index in [1.807, 2.05) is 62.5 Å². The molecule has 4 rings (SSSR count). The van der Waals surface area contributed by atoms with Crippen molar-refractivity contribution < 1.29 is 4.79 Å². The molecule has 0 saturated carbocycles. The number of carbonyl (C=O) groups excluding carboxylic acids is 1. The number of halogens is 1. The van der Waals surface area contributed by atoms with E-state index >= 15 is 0 Å². The molecule has 0 aliphatic carbocycles. The number of nitrogens with zero attached hydrogens (tertiary/aromatic N) is 4. The van der Waals surface area contributed by atoms with Crippen LogP contribution in [0.2, 0.25) is 5.02 Å². The van der Waals surface area contributed by atoms with Crippen LogP contribution in [0.4, 0.5) is 0 Å². The molecule has 0 fully saturated rings. The molecule has 1 aliphatic heterocycles. The Balaban J connectivity index is 1.81. The van der Waals surface area contributed by atoms with E-state index < -0.39 is 16.9 Å². The third kappa shape index (κ3) is 4.01. The number of thiophene rings is 1. The Labute approximate surface area is 202 Å². The monoisotopic (exact) mass is 477 g/mol. The molecule has 6 nitrogen and oxygen atoms in total. The van der Waals surface area contributed by atoms with Gasteiger partial charge in [-0.15, -0.1) is 11.3 Å². The van der Waals surface area contributed by atoms with Crippen molar-refractivity contribution in [3.63, 3.8) is 0 Å². The number of aliphatic imine (C=N–C) groups is 1. The van der Waals surface area contributed by atoms with Gasteiger partial charge in [0.05, 0.1) is 22.4 Å². The summed E-state index contributed by atoms with van der Waals surface area (Å²) in [5, 5.41) is 12.0. The van der Waals surface area contributed by atoms with Gasteiger partial charge in [0.2, 0.25) is 5.91 Å². The second-order valence-electron chi connectivity index (χ2n) is 8.90. The van der Waals surface area contributed by atoms with Crippen LogP contribution < -0.4 is 5.73 Å². The van der Waals surface area contributed by atoms with Crippen LogP contribution in [0.5, 0.6) is 0 Å². The van der Waals surface area contributed by atoms with Crippen LogP contribution in [0.1, 0.15) is 42.7 Å². The van der Waals surface area contributed by atoms with Gasteiger partial charge in [-0.2, -0.15) is 5.26 Å². The lowest BCUT2D eigenvalue weighted by Gasteiger charge is -2.40. The quantitative estimate of drug-likeness (QED) is 0.568. The summed E-state index contributed by atoms with van der Waals surface area (Å²) in [6.45, 7) is 5.68. The first-order valence-electron chi connectivity index (χ1n) is 10.4. The highest BCUT2D eigenvalue weighted by atomic mass is 35.5. The number of hydrogen-bond donors (Lipinski definition) is 1. The molecule has 33 heavy (non-hydrogen) atoms. The number of pyridine rings is 1. The number of guanidine groups is 1. The van der Waals surface area contributed by atoms with E-state index in [9.17, 15) is 10.1 Å². The standard InChI is InChI=1S/C25H24ClN5OS/c1-24(2,14-27)18-7-5-15(6-8-18)21-22(32)31(4)23(28)30-25(21,3)20-10-17(13-33-20)16-9-19(26)12-29-11-16/h5-13,21H,1-4H3,(H2,28,30)/t21-,25+/m0/s1. The van der Waals surface area contributed by atoms with Crippen molar-refractivity contribution in [2.75, 3.05) is 7.05 Å². The Kier molecular flexibility index (Phi) is 5.77. The van der Waals surface area contributed by atoms with Gasteiger partial charge in [-0.05, 0) is 55.0 Å². The van der Waals surface area contributed by atoms with Gasteiger partial charge in [0.1, 0.15) is 5.54 Å². The average Bonchev–Trinajstić information content (AvgIpc) is 3.29. The zero-order valence-corrected chi connectivity index (χ0v) is 20.4. The van der Waals surface area contributed by atoms with E-state index in [-0.39, 0.29) is 11.9 Å². The van der Waals surface area contributed by atoms with Crippen molar-refractivity contribution in [3.8, 4) is 17.2 Å². The number of carbonyl (C=O) groups is 1. The van der Waals surface area contributed by atoms with Crippen LogP contribution in [0.3, 0.4) is 0 Å². The SMILES string of the molecule is CN1C(=O)[C@H](c2ccc(C(C)(C)C#N)cc2)[C@@](C)(c2cc(-c3cncc(Cl)c3)cs2)N=C1N. The van der Waals surface area contributed by atoms with Crippen molar-refractivity contribution in [3.05, 3.63) is 75.2 Å². The molecule has 1 aliphatic rings. The Morgan fingerprint density at radius 2 is 1.91 bits per heavy atom. The van der Waals surface area contributed by atoms with Crippen LogP contribution >= 0.6 is 22.9 Å². The van der Waals surface area contributed by atoms with Crippen LogP contribution in [0.15, 0.2) is 59.2 Å². The number of hydrogen-bond acceptors (Lipinski definition) is 6. The van der Waals surface area contributed by atoms with Crippen molar-refractivity contribution in [2.45, 2.75) is 37.6 Å². The van der Waals surface area contributed by atoms with Crippen LogP contribution in [0, 0.1) is 11.3 Å². The van der Waals surface area contributed by atoms with Crippen molar-refractivity contribution >= 4 is 34.8 Å². The largest absolute Gasteiger partial charge is 0.369 e. The maximum Gasteiger partial charge on any atom is 0.239 e. The topological polar surface area (TPSA) is 95.4 Å². The van der Waals surface area contributed by atoms with Crippen LogP contribution in [0.25, 0.3) is 11.1 Å². The van der Waals surface area contributed by atoms with E-state index in [2.05, 4.69) is 11.1 Å². The van der Waals surface area contributed by atoms with Gasteiger partial charge in [0.25, 0.3) is 0 Å². The van der Waals surface area contributed by atoms with Gasteiger partial charge < -0.3 is 5.73 Å². The average molecular weight is 478 g/mol. The fourth-order valence-electron chi connectivity index (χ4n) is 4.07. The summed E-state index contributed by atoms with van der Waals surface area (Å²) < 4.78 is 0. The summed E-state index contributed by atoms with van der Waals surface area (Å²) >= 11 is 7.65. The van der Waals surface area contributed by atoms with E-state index in [1.165, 1.54) is 16.2 Å². The van der Waals surface area contributed by atoms with Crippen molar-refractivity contribution in [1.82, 2.24) is 9.88 Å². The molecule has 0 unspecified atom stereocenters. The predicted molar refractivity (Wildman–Crippen MR) is 132 cm³/mol. The molecule has 8 heteroatoms. The van der Waals surface area contributed by atoms with E-state index in [1.54, 1.807) is 19.4 Å². The molecule has 0 spiro atoms. The maximum absolute atomic E-state index is 13.5. The smallest absolute Gasteiger partial charge is 0.239 e. The van der Waals surface area contributed by atoms with Gasteiger partial charge >= 0.3 is 0 Å².